The minimum atomic E-state index is 0.590. The Kier molecular flexibility index (Phi) is 5.69. The van der Waals surface area contributed by atoms with Crippen molar-refractivity contribution >= 4 is 15.9 Å². The van der Waals surface area contributed by atoms with Gasteiger partial charge >= 0.3 is 0 Å². The molecule has 0 amide bonds. The summed E-state index contributed by atoms with van der Waals surface area (Å²) in [5, 5.41) is 3.38. The van der Waals surface area contributed by atoms with Crippen LogP contribution in [0.1, 0.15) is 18.4 Å². The van der Waals surface area contributed by atoms with Crippen LogP contribution in [0.15, 0.2) is 16.6 Å². The van der Waals surface area contributed by atoms with E-state index in [1.807, 2.05) is 19.2 Å². The number of hydrogen-bond donors (Lipinski definition) is 1. The van der Waals surface area contributed by atoms with Gasteiger partial charge in [0.2, 0.25) is 0 Å². The van der Waals surface area contributed by atoms with Gasteiger partial charge in [-0.1, -0.05) is 15.9 Å². The highest BCUT2D eigenvalue weighted by Gasteiger charge is 2.21. The molecule has 1 N–H and O–H groups in total. The molecule has 0 radical (unpaired) electrons. The van der Waals surface area contributed by atoms with Gasteiger partial charge in [0.15, 0.2) is 0 Å². The predicted octanol–water partition coefficient (Wildman–Crippen LogP) is 2.65. The maximum absolute atomic E-state index is 5.51. The summed E-state index contributed by atoms with van der Waals surface area (Å²) >= 11 is 3.64. The van der Waals surface area contributed by atoms with E-state index in [1.165, 1.54) is 18.4 Å². The van der Waals surface area contributed by atoms with Gasteiger partial charge in [0, 0.05) is 35.2 Å². The van der Waals surface area contributed by atoms with Crippen LogP contribution in [0.4, 0.5) is 0 Å². The van der Waals surface area contributed by atoms with E-state index in [4.69, 9.17) is 9.47 Å². The van der Waals surface area contributed by atoms with Crippen LogP contribution in [-0.2, 0) is 6.54 Å². The van der Waals surface area contributed by atoms with Crippen LogP contribution in [0.5, 0.6) is 11.5 Å². The maximum atomic E-state index is 5.51. The molecule has 1 atom stereocenters. The fourth-order valence-corrected chi connectivity index (χ4v) is 3.25. The molecule has 5 heteroatoms. The molecule has 112 valence electrons. The van der Waals surface area contributed by atoms with E-state index in [0.717, 1.165) is 35.6 Å². The molecule has 1 unspecified atom stereocenters. The van der Waals surface area contributed by atoms with E-state index in [9.17, 15) is 0 Å². The standard InChI is InChI=1S/C15H23BrN2O2/c1-17-11-5-4-6-18(9-11)10-13-14(16)7-12(19-2)8-15(13)20-3/h7-8,11,17H,4-6,9-10H2,1-3H3. The van der Waals surface area contributed by atoms with Crippen LogP contribution in [0, 0.1) is 0 Å². The molecular weight excluding hydrogens is 320 g/mol. The Morgan fingerprint density at radius 2 is 2.15 bits per heavy atom. The van der Waals surface area contributed by atoms with Crippen molar-refractivity contribution in [3.8, 4) is 11.5 Å². The third kappa shape index (κ3) is 3.65. The lowest BCUT2D eigenvalue weighted by Gasteiger charge is -2.33. The number of ether oxygens (including phenoxy) is 2. The molecule has 1 aromatic rings. The fraction of sp³-hybridized carbons (Fsp3) is 0.600. The van der Waals surface area contributed by atoms with Crippen LogP contribution in [0.2, 0.25) is 0 Å². The number of halogens is 1. The minimum Gasteiger partial charge on any atom is -0.497 e. The molecule has 0 aromatic heterocycles. The normalized spacial score (nSPS) is 19.9. The maximum Gasteiger partial charge on any atom is 0.128 e. The summed E-state index contributed by atoms with van der Waals surface area (Å²) in [5.74, 6) is 1.69. The molecule has 20 heavy (non-hydrogen) atoms. The van der Waals surface area contributed by atoms with Gasteiger partial charge < -0.3 is 14.8 Å². The molecule has 1 saturated heterocycles. The van der Waals surface area contributed by atoms with Crippen LogP contribution < -0.4 is 14.8 Å². The Hall–Kier alpha value is -0.780. The molecule has 0 saturated carbocycles. The number of nitrogens with one attached hydrogen (secondary N) is 1. The van der Waals surface area contributed by atoms with E-state index in [1.54, 1.807) is 14.2 Å². The Bertz CT molecular complexity index is 454. The van der Waals surface area contributed by atoms with Crippen LogP contribution in [0.25, 0.3) is 0 Å². The number of piperidine rings is 1. The van der Waals surface area contributed by atoms with Gasteiger partial charge in [-0.25, -0.2) is 0 Å². The summed E-state index contributed by atoms with van der Waals surface area (Å²) in [6.07, 6.45) is 2.50. The van der Waals surface area contributed by atoms with E-state index < -0.39 is 0 Å². The molecule has 0 spiro atoms. The van der Waals surface area contributed by atoms with E-state index in [0.29, 0.717) is 6.04 Å². The van der Waals surface area contributed by atoms with Crippen molar-refractivity contribution in [3.63, 3.8) is 0 Å². The largest absolute Gasteiger partial charge is 0.497 e. The van der Waals surface area contributed by atoms with Crippen molar-refractivity contribution in [1.29, 1.82) is 0 Å². The minimum absolute atomic E-state index is 0.590. The van der Waals surface area contributed by atoms with Gasteiger partial charge in [0.1, 0.15) is 11.5 Å². The van der Waals surface area contributed by atoms with E-state index in [-0.39, 0.29) is 0 Å². The summed E-state index contributed by atoms with van der Waals surface area (Å²) in [6.45, 7) is 3.11. The summed E-state index contributed by atoms with van der Waals surface area (Å²) in [4.78, 5) is 2.47. The van der Waals surface area contributed by atoms with Crippen molar-refractivity contribution in [3.05, 3.63) is 22.2 Å². The predicted molar refractivity (Wildman–Crippen MR) is 84.6 cm³/mol. The van der Waals surface area contributed by atoms with Gasteiger partial charge in [-0.15, -0.1) is 0 Å². The number of likely N-dealkylation sites (N-methyl/N-ethyl adjacent to an activating group) is 1. The number of hydrogen-bond acceptors (Lipinski definition) is 4. The second kappa shape index (κ2) is 7.29. The fourth-order valence-electron chi connectivity index (χ4n) is 2.70. The molecule has 0 bridgehead atoms. The molecule has 4 nitrogen and oxygen atoms in total. The lowest BCUT2D eigenvalue weighted by atomic mass is 10.0. The molecule has 2 rings (SSSR count). The Labute approximate surface area is 129 Å². The molecule has 1 aromatic carbocycles. The average Bonchev–Trinajstić information content (AvgIpc) is 2.49. The zero-order valence-corrected chi connectivity index (χ0v) is 14.0. The van der Waals surface area contributed by atoms with Gasteiger partial charge in [-0.2, -0.15) is 0 Å². The molecular formula is C15H23BrN2O2. The number of rotatable bonds is 5. The first-order valence-electron chi connectivity index (χ1n) is 6.98. The molecule has 1 aliphatic heterocycles. The molecule has 1 aliphatic rings. The summed E-state index contributed by atoms with van der Waals surface area (Å²) in [6, 6.07) is 4.53. The van der Waals surface area contributed by atoms with Crippen molar-refractivity contribution in [2.24, 2.45) is 0 Å². The quantitative estimate of drug-likeness (QED) is 0.891. The highest BCUT2D eigenvalue weighted by molar-refractivity contribution is 9.10. The summed E-state index contributed by atoms with van der Waals surface area (Å²) < 4.78 is 11.8. The zero-order chi connectivity index (χ0) is 14.5. The van der Waals surface area contributed by atoms with Crippen LogP contribution in [-0.4, -0.2) is 45.3 Å². The highest BCUT2D eigenvalue weighted by atomic mass is 79.9. The van der Waals surface area contributed by atoms with Gasteiger partial charge in [-0.05, 0) is 32.5 Å². The lowest BCUT2D eigenvalue weighted by Crippen LogP contribution is -2.43. The first kappa shape index (κ1) is 15.6. The molecule has 0 aliphatic carbocycles. The second-order valence-electron chi connectivity index (χ2n) is 5.15. The number of likely N-dealkylation sites (tertiary alicyclic amines) is 1. The lowest BCUT2D eigenvalue weighted by molar-refractivity contribution is 0.185. The first-order valence-corrected chi connectivity index (χ1v) is 7.77. The monoisotopic (exact) mass is 342 g/mol. The third-order valence-corrected chi connectivity index (χ3v) is 4.59. The smallest absolute Gasteiger partial charge is 0.128 e. The summed E-state index contributed by atoms with van der Waals surface area (Å²) in [5.41, 5.74) is 1.19. The third-order valence-electron chi connectivity index (χ3n) is 3.88. The first-order chi connectivity index (χ1) is 9.67. The van der Waals surface area contributed by atoms with Crippen LogP contribution >= 0.6 is 15.9 Å². The second-order valence-corrected chi connectivity index (χ2v) is 6.01. The van der Waals surface area contributed by atoms with E-state index >= 15 is 0 Å². The van der Waals surface area contributed by atoms with Crippen LogP contribution in [0.3, 0.4) is 0 Å². The summed E-state index contributed by atoms with van der Waals surface area (Å²) in [7, 11) is 5.42. The Balaban J connectivity index is 2.15. The van der Waals surface area contributed by atoms with Gasteiger partial charge in [0.25, 0.3) is 0 Å². The van der Waals surface area contributed by atoms with E-state index in [2.05, 4.69) is 26.1 Å². The van der Waals surface area contributed by atoms with Crippen molar-refractivity contribution in [2.75, 3.05) is 34.4 Å². The van der Waals surface area contributed by atoms with Crippen molar-refractivity contribution < 1.29 is 9.47 Å². The number of methoxy groups -OCH3 is 2. The zero-order valence-electron chi connectivity index (χ0n) is 12.4. The number of nitrogens with zero attached hydrogens (tertiary/aromatic N) is 1. The topological polar surface area (TPSA) is 33.7 Å². The highest BCUT2D eigenvalue weighted by Crippen LogP contribution is 2.33. The van der Waals surface area contributed by atoms with Crippen molar-refractivity contribution in [2.45, 2.75) is 25.4 Å². The van der Waals surface area contributed by atoms with Gasteiger partial charge in [0.05, 0.1) is 14.2 Å². The SMILES string of the molecule is CNC1CCCN(Cc2c(Br)cc(OC)cc2OC)C1. The molecule has 1 heterocycles. The van der Waals surface area contributed by atoms with Crippen molar-refractivity contribution in [1.82, 2.24) is 10.2 Å². The number of benzene rings is 1. The van der Waals surface area contributed by atoms with Gasteiger partial charge in [-0.3, -0.25) is 4.90 Å². The average molecular weight is 343 g/mol. The Morgan fingerprint density at radius 3 is 2.80 bits per heavy atom. The molecule has 1 fully saturated rings. The Morgan fingerprint density at radius 1 is 1.35 bits per heavy atom.